The summed E-state index contributed by atoms with van der Waals surface area (Å²) < 4.78 is 5.92. The lowest BCUT2D eigenvalue weighted by molar-refractivity contribution is 0.304. The highest BCUT2D eigenvalue weighted by Crippen LogP contribution is 2.20. The fraction of sp³-hybridized carbons (Fsp3) is 0.368. The van der Waals surface area contributed by atoms with Crippen LogP contribution in [0.3, 0.4) is 0 Å². The lowest BCUT2D eigenvalue weighted by Crippen LogP contribution is -2.17. The van der Waals surface area contributed by atoms with Crippen LogP contribution in [0.1, 0.15) is 34.7 Å². The van der Waals surface area contributed by atoms with Crippen LogP contribution in [-0.4, -0.2) is 6.04 Å². The van der Waals surface area contributed by atoms with Gasteiger partial charge in [0.2, 0.25) is 0 Å². The van der Waals surface area contributed by atoms with Gasteiger partial charge in [0.05, 0.1) is 0 Å². The Bertz CT molecular complexity index is 576. The molecule has 0 aliphatic rings. The van der Waals surface area contributed by atoms with Crippen molar-refractivity contribution in [2.75, 3.05) is 0 Å². The summed E-state index contributed by atoms with van der Waals surface area (Å²) in [6, 6.07) is 12.8. The lowest BCUT2D eigenvalue weighted by atomic mass is 10.0. The highest BCUT2D eigenvalue weighted by Gasteiger charge is 2.05. The highest BCUT2D eigenvalue weighted by atomic mass is 16.5. The molecular weight excluding hydrogens is 258 g/mol. The van der Waals surface area contributed by atoms with E-state index < -0.39 is 0 Å². The number of nitrogens with two attached hydrogens (primary N) is 1. The molecular formula is C19H25NO. The standard InChI is InChI=1S/C19H25NO/c1-13-9-14(2)19(15(3)10-13)12-21-18-7-5-17(6-8-18)11-16(4)20/h5-10,16H,11-12,20H2,1-4H3. The monoisotopic (exact) mass is 283 g/mol. The molecule has 0 saturated heterocycles. The van der Waals surface area contributed by atoms with Crippen LogP contribution in [0.5, 0.6) is 5.75 Å². The molecule has 0 amide bonds. The third kappa shape index (κ3) is 4.33. The Kier molecular flexibility index (Phi) is 5.03. The summed E-state index contributed by atoms with van der Waals surface area (Å²) >= 11 is 0. The predicted octanol–water partition coefficient (Wildman–Crippen LogP) is 4.08. The largest absolute Gasteiger partial charge is 0.489 e. The first-order chi connectivity index (χ1) is 9.95. The Balaban J connectivity index is 2.03. The van der Waals surface area contributed by atoms with Crippen molar-refractivity contribution in [2.45, 2.75) is 46.8 Å². The summed E-state index contributed by atoms with van der Waals surface area (Å²) in [7, 11) is 0. The maximum absolute atomic E-state index is 5.92. The molecule has 2 heteroatoms. The van der Waals surface area contributed by atoms with Gasteiger partial charge in [-0.3, -0.25) is 0 Å². The summed E-state index contributed by atoms with van der Waals surface area (Å²) in [6.45, 7) is 9.05. The molecule has 2 aromatic carbocycles. The predicted molar refractivity (Wildman–Crippen MR) is 88.8 cm³/mol. The molecule has 0 aromatic heterocycles. The fourth-order valence-corrected chi connectivity index (χ4v) is 2.69. The molecule has 2 nitrogen and oxygen atoms in total. The maximum atomic E-state index is 5.92. The first kappa shape index (κ1) is 15.6. The van der Waals surface area contributed by atoms with Crippen molar-refractivity contribution >= 4 is 0 Å². The molecule has 0 radical (unpaired) electrons. The maximum Gasteiger partial charge on any atom is 0.119 e. The second-order valence-corrected chi connectivity index (χ2v) is 5.99. The lowest BCUT2D eigenvalue weighted by Gasteiger charge is -2.13. The minimum atomic E-state index is 0.189. The van der Waals surface area contributed by atoms with Gasteiger partial charge in [0, 0.05) is 6.04 Å². The van der Waals surface area contributed by atoms with Crippen molar-refractivity contribution in [1.82, 2.24) is 0 Å². The van der Waals surface area contributed by atoms with Crippen molar-refractivity contribution in [2.24, 2.45) is 5.73 Å². The molecule has 2 N–H and O–H groups in total. The summed E-state index contributed by atoms with van der Waals surface area (Å²) in [6.07, 6.45) is 0.899. The second-order valence-electron chi connectivity index (χ2n) is 5.99. The van der Waals surface area contributed by atoms with Gasteiger partial charge < -0.3 is 10.5 Å². The number of hydrogen-bond acceptors (Lipinski definition) is 2. The van der Waals surface area contributed by atoms with Crippen LogP contribution < -0.4 is 10.5 Å². The van der Waals surface area contributed by atoms with Crippen LogP contribution in [-0.2, 0) is 13.0 Å². The average Bonchev–Trinajstić information content (AvgIpc) is 2.38. The van der Waals surface area contributed by atoms with E-state index in [4.69, 9.17) is 10.5 Å². The average molecular weight is 283 g/mol. The number of benzene rings is 2. The van der Waals surface area contributed by atoms with Gasteiger partial charge >= 0.3 is 0 Å². The van der Waals surface area contributed by atoms with Gasteiger partial charge in [0.1, 0.15) is 12.4 Å². The van der Waals surface area contributed by atoms with Gasteiger partial charge in [-0.1, -0.05) is 29.8 Å². The van der Waals surface area contributed by atoms with E-state index in [9.17, 15) is 0 Å². The normalized spacial score (nSPS) is 12.2. The number of aryl methyl sites for hydroxylation is 3. The quantitative estimate of drug-likeness (QED) is 0.897. The molecule has 21 heavy (non-hydrogen) atoms. The molecule has 2 rings (SSSR count). The van der Waals surface area contributed by atoms with Crippen LogP contribution in [0, 0.1) is 20.8 Å². The Morgan fingerprint density at radius 2 is 1.57 bits per heavy atom. The Labute approximate surface area is 127 Å². The van der Waals surface area contributed by atoms with Crippen LogP contribution in [0.25, 0.3) is 0 Å². The summed E-state index contributed by atoms with van der Waals surface area (Å²) in [5.41, 5.74) is 12.2. The molecule has 2 aromatic rings. The third-order valence-corrected chi connectivity index (χ3v) is 3.70. The Morgan fingerprint density at radius 3 is 2.10 bits per heavy atom. The van der Waals surface area contributed by atoms with E-state index in [2.05, 4.69) is 45.0 Å². The van der Waals surface area contributed by atoms with E-state index in [1.165, 1.54) is 27.8 Å². The summed E-state index contributed by atoms with van der Waals surface area (Å²) in [5.74, 6) is 0.905. The molecule has 1 unspecified atom stereocenters. The zero-order valence-corrected chi connectivity index (χ0v) is 13.4. The van der Waals surface area contributed by atoms with Crippen LogP contribution in [0.2, 0.25) is 0 Å². The van der Waals surface area contributed by atoms with E-state index in [1.807, 2.05) is 19.1 Å². The minimum Gasteiger partial charge on any atom is -0.489 e. The molecule has 0 saturated carbocycles. The Morgan fingerprint density at radius 1 is 1.00 bits per heavy atom. The van der Waals surface area contributed by atoms with Gasteiger partial charge in [-0.05, 0) is 68.5 Å². The first-order valence-corrected chi connectivity index (χ1v) is 7.49. The van der Waals surface area contributed by atoms with Crippen LogP contribution >= 0.6 is 0 Å². The van der Waals surface area contributed by atoms with Crippen LogP contribution in [0.15, 0.2) is 36.4 Å². The van der Waals surface area contributed by atoms with Crippen molar-refractivity contribution in [3.05, 3.63) is 64.2 Å². The number of ether oxygens (including phenoxy) is 1. The van der Waals surface area contributed by atoms with Gasteiger partial charge in [0.25, 0.3) is 0 Å². The molecule has 0 bridgehead atoms. The number of rotatable bonds is 5. The van der Waals surface area contributed by atoms with E-state index in [0.717, 1.165) is 12.2 Å². The van der Waals surface area contributed by atoms with Gasteiger partial charge in [0.15, 0.2) is 0 Å². The molecule has 0 fully saturated rings. The van der Waals surface area contributed by atoms with Crippen molar-refractivity contribution < 1.29 is 4.74 Å². The third-order valence-electron chi connectivity index (χ3n) is 3.70. The molecule has 0 aliphatic heterocycles. The summed E-state index contributed by atoms with van der Waals surface area (Å²) in [4.78, 5) is 0. The Hall–Kier alpha value is -1.80. The smallest absolute Gasteiger partial charge is 0.119 e. The minimum absolute atomic E-state index is 0.189. The molecule has 1 atom stereocenters. The fourth-order valence-electron chi connectivity index (χ4n) is 2.69. The van der Waals surface area contributed by atoms with Crippen LogP contribution in [0.4, 0.5) is 0 Å². The van der Waals surface area contributed by atoms with Crippen molar-refractivity contribution in [3.63, 3.8) is 0 Å². The van der Waals surface area contributed by atoms with Gasteiger partial charge in [-0.2, -0.15) is 0 Å². The van der Waals surface area contributed by atoms with E-state index in [-0.39, 0.29) is 6.04 Å². The second kappa shape index (κ2) is 6.77. The zero-order valence-electron chi connectivity index (χ0n) is 13.4. The van der Waals surface area contributed by atoms with Gasteiger partial charge in [-0.15, -0.1) is 0 Å². The number of hydrogen-bond donors (Lipinski definition) is 1. The first-order valence-electron chi connectivity index (χ1n) is 7.49. The summed E-state index contributed by atoms with van der Waals surface area (Å²) in [5, 5.41) is 0. The van der Waals surface area contributed by atoms with E-state index >= 15 is 0 Å². The topological polar surface area (TPSA) is 35.2 Å². The van der Waals surface area contributed by atoms with E-state index in [1.54, 1.807) is 0 Å². The SMILES string of the molecule is Cc1cc(C)c(COc2ccc(CC(C)N)cc2)c(C)c1. The highest BCUT2D eigenvalue weighted by molar-refractivity contribution is 5.37. The zero-order chi connectivity index (χ0) is 15.4. The molecule has 0 aliphatic carbocycles. The van der Waals surface area contributed by atoms with Crippen molar-refractivity contribution in [3.8, 4) is 5.75 Å². The molecule has 112 valence electrons. The van der Waals surface area contributed by atoms with Gasteiger partial charge in [-0.25, -0.2) is 0 Å². The molecule has 0 heterocycles. The van der Waals surface area contributed by atoms with E-state index in [0.29, 0.717) is 6.61 Å². The molecule has 0 spiro atoms. The van der Waals surface area contributed by atoms with Crippen molar-refractivity contribution in [1.29, 1.82) is 0 Å².